The van der Waals surface area contributed by atoms with Crippen LogP contribution in [0.2, 0.25) is 0 Å². The first-order valence-corrected chi connectivity index (χ1v) is 9.83. The average molecular weight is 435 g/mol. The second-order valence-corrected chi connectivity index (χ2v) is 9.33. The predicted octanol–water partition coefficient (Wildman–Crippen LogP) is 1.71. The van der Waals surface area contributed by atoms with Crippen molar-refractivity contribution in [1.29, 1.82) is 0 Å². The fraction of sp³-hybridized carbons (Fsp3) is 0.909. The summed E-state index contributed by atoms with van der Waals surface area (Å²) in [5, 5.41) is -13.3. The van der Waals surface area contributed by atoms with E-state index in [-0.39, 0.29) is 17.1 Å². The molecular formula is C11H15F6NO6S2. The third-order valence-corrected chi connectivity index (χ3v) is 7.09. The van der Waals surface area contributed by atoms with Crippen LogP contribution in [0.15, 0.2) is 0 Å². The highest BCUT2D eigenvalue weighted by molar-refractivity contribution is 7.90. The van der Waals surface area contributed by atoms with Crippen LogP contribution in [0.1, 0.15) is 26.7 Å². The number of carbonyl (C=O) groups excluding carboxylic acids is 1. The number of alkyl halides is 6. The number of hydrogen-bond acceptors (Lipinski definition) is 5. The fourth-order valence-electron chi connectivity index (χ4n) is 2.83. The molecule has 0 saturated carbocycles. The van der Waals surface area contributed by atoms with Crippen LogP contribution in [0.4, 0.5) is 26.3 Å². The van der Waals surface area contributed by atoms with Gasteiger partial charge in [0.15, 0.2) is 0 Å². The van der Waals surface area contributed by atoms with Crippen LogP contribution >= 0.6 is 0 Å². The molecule has 0 aliphatic carbocycles. The number of halogens is 6. The summed E-state index contributed by atoms with van der Waals surface area (Å²) in [4.78, 5) is 10.8. The van der Waals surface area contributed by atoms with Gasteiger partial charge in [-0.25, -0.2) is 8.42 Å². The van der Waals surface area contributed by atoms with E-state index in [2.05, 4.69) is 0 Å². The minimum absolute atomic E-state index is 0.152. The fourth-order valence-corrected chi connectivity index (χ4v) is 5.18. The normalized spacial score (nSPS) is 27.3. The SMILES string of the molecule is CC1CC(C=O)CC(C)N1S(=O)(=O)C(F)(F)C(F)(F)C(F)(F)S(=O)(=O)O. The molecule has 0 aromatic carbocycles. The topological polar surface area (TPSA) is 109 Å². The molecule has 1 heterocycles. The number of piperidine rings is 1. The quantitative estimate of drug-likeness (QED) is 0.387. The number of aldehydes is 1. The number of hydrogen-bond donors (Lipinski definition) is 1. The third-order valence-electron chi connectivity index (χ3n) is 4.01. The molecule has 0 amide bonds. The van der Waals surface area contributed by atoms with Crippen molar-refractivity contribution < 1.29 is 52.5 Å². The van der Waals surface area contributed by atoms with Crippen molar-refractivity contribution in [2.45, 2.75) is 55.2 Å². The standard InChI is InChI=1S/C11H15F6NO6S2/c1-6-3-8(5-19)4-7(2)18(6)25(20,21)10(14,15)9(12,13)11(16,17)26(22,23)24/h5-8H,3-4H2,1-2H3,(H,22,23,24). The summed E-state index contributed by atoms with van der Waals surface area (Å²) in [6.45, 7) is 2.00. The molecule has 1 fully saturated rings. The lowest BCUT2D eigenvalue weighted by Crippen LogP contribution is -2.65. The van der Waals surface area contributed by atoms with E-state index in [4.69, 9.17) is 4.55 Å². The molecular weight excluding hydrogens is 420 g/mol. The zero-order chi connectivity index (χ0) is 20.9. The second kappa shape index (κ2) is 6.60. The molecule has 1 saturated heterocycles. The van der Waals surface area contributed by atoms with Crippen molar-refractivity contribution in [3.8, 4) is 0 Å². The summed E-state index contributed by atoms with van der Waals surface area (Å²) < 4.78 is 135. The van der Waals surface area contributed by atoms with Crippen LogP contribution in [-0.4, -0.2) is 60.5 Å². The molecule has 0 radical (unpaired) electrons. The zero-order valence-electron chi connectivity index (χ0n) is 13.2. The highest BCUT2D eigenvalue weighted by Crippen LogP contribution is 2.52. The first-order valence-electron chi connectivity index (χ1n) is 6.95. The molecule has 1 N–H and O–H groups in total. The van der Waals surface area contributed by atoms with E-state index in [1.54, 1.807) is 0 Å². The second-order valence-electron chi connectivity index (χ2n) is 5.98. The molecule has 0 aromatic rings. The van der Waals surface area contributed by atoms with Gasteiger partial charge >= 0.3 is 26.5 Å². The Balaban J connectivity index is 3.48. The van der Waals surface area contributed by atoms with Gasteiger partial charge in [-0.1, -0.05) is 0 Å². The molecule has 7 nitrogen and oxygen atoms in total. The number of rotatable bonds is 6. The lowest BCUT2D eigenvalue weighted by atomic mass is 9.90. The molecule has 154 valence electrons. The zero-order valence-corrected chi connectivity index (χ0v) is 14.9. The summed E-state index contributed by atoms with van der Waals surface area (Å²) in [7, 11) is -13.6. The van der Waals surface area contributed by atoms with Gasteiger partial charge in [-0.05, 0) is 26.7 Å². The van der Waals surface area contributed by atoms with E-state index in [9.17, 15) is 48.0 Å². The molecule has 0 aromatic heterocycles. The molecule has 15 heteroatoms. The van der Waals surface area contributed by atoms with Gasteiger partial charge in [0.1, 0.15) is 6.29 Å². The molecule has 0 spiro atoms. The molecule has 1 aliphatic heterocycles. The van der Waals surface area contributed by atoms with E-state index in [0.29, 0.717) is 6.29 Å². The van der Waals surface area contributed by atoms with Crippen LogP contribution in [0.3, 0.4) is 0 Å². The highest BCUT2D eigenvalue weighted by atomic mass is 32.2. The van der Waals surface area contributed by atoms with Gasteiger partial charge in [0.25, 0.3) is 10.0 Å². The van der Waals surface area contributed by atoms with Crippen molar-refractivity contribution in [2.75, 3.05) is 0 Å². The van der Waals surface area contributed by atoms with Gasteiger partial charge in [-0.2, -0.15) is 39.1 Å². The van der Waals surface area contributed by atoms with E-state index in [1.807, 2.05) is 0 Å². The Hall–Kier alpha value is -0.930. The van der Waals surface area contributed by atoms with E-state index >= 15 is 0 Å². The molecule has 1 aliphatic rings. The molecule has 1 rings (SSSR count). The first-order chi connectivity index (χ1) is 11.4. The molecule has 2 unspecified atom stereocenters. The molecule has 2 atom stereocenters. The smallest absolute Gasteiger partial charge is 0.303 e. The average Bonchev–Trinajstić information content (AvgIpc) is 2.44. The van der Waals surface area contributed by atoms with Gasteiger partial charge in [-0.3, -0.25) is 4.55 Å². The Morgan fingerprint density at radius 1 is 0.923 bits per heavy atom. The number of nitrogens with zero attached hydrogens (tertiary/aromatic N) is 1. The van der Waals surface area contributed by atoms with E-state index < -0.39 is 54.6 Å². The predicted molar refractivity (Wildman–Crippen MR) is 74.9 cm³/mol. The van der Waals surface area contributed by atoms with Crippen LogP contribution in [0.5, 0.6) is 0 Å². The van der Waals surface area contributed by atoms with Crippen molar-refractivity contribution in [2.24, 2.45) is 5.92 Å². The summed E-state index contributed by atoms with van der Waals surface area (Å²) >= 11 is 0. The Morgan fingerprint density at radius 3 is 1.62 bits per heavy atom. The van der Waals surface area contributed by atoms with Gasteiger partial charge in [0.05, 0.1) is 0 Å². The Bertz CT molecular complexity index is 756. The summed E-state index contributed by atoms with van der Waals surface area (Å²) in [5.41, 5.74) is 0. The first kappa shape index (κ1) is 23.1. The van der Waals surface area contributed by atoms with Crippen molar-refractivity contribution >= 4 is 26.4 Å². The van der Waals surface area contributed by atoms with Crippen molar-refractivity contribution in [3.63, 3.8) is 0 Å². The highest BCUT2D eigenvalue weighted by Gasteiger charge is 2.83. The minimum Gasteiger partial charge on any atom is -0.303 e. The maximum absolute atomic E-state index is 14.0. The largest absolute Gasteiger partial charge is 0.439 e. The monoisotopic (exact) mass is 435 g/mol. The number of carbonyl (C=O) groups is 1. The van der Waals surface area contributed by atoms with Crippen molar-refractivity contribution in [1.82, 2.24) is 4.31 Å². The van der Waals surface area contributed by atoms with Gasteiger partial charge in [-0.15, -0.1) is 0 Å². The van der Waals surface area contributed by atoms with Gasteiger partial charge < -0.3 is 4.79 Å². The lowest BCUT2D eigenvalue weighted by molar-refractivity contribution is -0.247. The van der Waals surface area contributed by atoms with Crippen LogP contribution < -0.4 is 0 Å². The third kappa shape index (κ3) is 3.22. The maximum Gasteiger partial charge on any atom is 0.439 e. The maximum atomic E-state index is 14.0. The summed E-state index contributed by atoms with van der Waals surface area (Å²) in [6.07, 6.45) is -0.247. The number of sulfonamides is 1. The summed E-state index contributed by atoms with van der Waals surface area (Å²) in [6, 6.07) is -2.86. The molecule has 0 bridgehead atoms. The minimum atomic E-state index is -7.07. The lowest BCUT2D eigenvalue weighted by Gasteiger charge is -2.42. The Morgan fingerprint density at radius 2 is 1.31 bits per heavy atom. The van der Waals surface area contributed by atoms with Crippen LogP contribution in [0.25, 0.3) is 0 Å². The van der Waals surface area contributed by atoms with Crippen molar-refractivity contribution in [3.05, 3.63) is 0 Å². The summed E-state index contributed by atoms with van der Waals surface area (Å²) in [5.74, 6) is -7.74. The van der Waals surface area contributed by atoms with Gasteiger partial charge in [0.2, 0.25) is 0 Å². The van der Waals surface area contributed by atoms with Crippen LogP contribution in [-0.2, 0) is 24.9 Å². The van der Waals surface area contributed by atoms with Crippen LogP contribution in [0, 0.1) is 5.92 Å². The Kier molecular flexibility index (Phi) is 5.86. The van der Waals surface area contributed by atoms with E-state index in [1.165, 1.54) is 0 Å². The molecule has 26 heavy (non-hydrogen) atoms. The Labute approximate surface area is 145 Å². The van der Waals surface area contributed by atoms with E-state index in [0.717, 1.165) is 13.8 Å². The van der Waals surface area contributed by atoms with Gasteiger partial charge in [0, 0.05) is 18.0 Å².